The number of rotatable bonds is 7. The number of nitrogens with one attached hydrogen (secondary N) is 1. The van der Waals surface area contributed by atoms with E-state index in [9.17, 15) is 8.78 Å². The molecule has 0 saturated carbocycles. The van der Waals surface area contributed by atoms with Crippen LogP contribution in [0.15, 0.2) is 54.6 Å². The van der Waals surface area contributed by atoms with Crippen LogP contribution in [0.5, 0.6) is 5.75 Å². The number of alkyl halides is 2. The molecule has 0 aromatic heterocycles. The van der Waals surface area contributed by atoms with Crippen molar-refractivity contribution in [3.63, 3.8) is 0 Å². The summed E-state index contributed by atoms with van der Waals surface area (Å²) >= 11 is 0. The lowest BCUT2D eigenvalue weighted by Gasteiger charge is -2.35. The van der Waals surface area contributed by atoms with E-state index in [2.05, 4.69) is 10.2 Å². The van der Waals surface area contributed by atoms with E-state index in [1.54, 1.807) is 0 Å². The normalized spacial score (nSPS) is 16.1. The Morgan fingerprint density at radius 2 is 1.62 bits per heavy atom. The Balaban J connectivity index is 0.00000243. The van der Waals surface area contributed by atoms with Crippen LogP contribution in [0.3, 0.4) is 0 Å². The van der Waals surface area contributed by atoms with Gasteiger partial charge in [-0.2, -0.15) is 0 Å². The highest BCUT2D eigenvalue weighted by molar-refractivity contribution is 5.85. The van der Waals surface area contributed by atoms with Crippen LogP contribution in [0.2, 0.25) is 0 Å². The Bertz CT molecular complexity index is 651. The highest BCUT2D eigenvalue weighted by Gasteiger charge is 2.27. The van der Waals surface area contributed by atoms with E-state index >= 15 is 0 Å². The molecule has 0 amide bonds. The highest BCUT2D eigenvalue weighted by atomic mass is 35.5. The summed E-state index contributed by atoms with van der Waals surface area (Å²) in [6.07, 6.45) is -2.52. The summed E-state index contributed by atoms with van der Waals surface area (Å²) in [4.78, 5) is 2.13. The van der Waals surface area contributed by atoms with E-state index in [0.29, 0.717) is 12.4 Å². The Labute approximate surface area is 159 Å². The molecule has 1 N–H and O–H groups in total. The number of ether oxygens (including phenoxy) is 1. The third-order valence-corrected chi connectivity index (χ3v) is 4.51. The largest absolute Gasteiger partial charge is 0.489 e. The van der Waals surface area contributed by atoms with Gasteiger partial charge >= 0.3 is 0 Å². The molecule has 1 atom stereocenters. The monoisotopic (exact) mass is 382 g/mol. The molecule has 0 spiro atoms. The van der Waals surface area contributed by atoms with E-state index in [-0.39, 0.29) is 24.9 Å². The molecule has 1 aliphatic heterocycles. The van der Waals surface area contributed by atoms with Gasteiger partial charge in [0, 0.05) is 44.2 Å². The van der Waals surface area contributed by atoms with Crippen molar-refractivity contribution in [2.45, 2.75) is 25.5 Å². The minimum absolute atomic E-state index is 0. The van der Waals surface area contributed by atoms with Crippen molar-refractivity contribution < 1.29 is 13.5 Å². The summed E-state index contributed by atoms with van der Waals surface area (Å²) in [5.74, 6) is 0.690. The lowest BCUT2D eigenvalue weighted by atomic mass is 10.00. The molecule has 0 unspecified atom stereocenters. The first kappa shape index (κ1) is 20.6. The number of hydrogen-bond acceptors (Lipinski definition) is 3. The Morgan fingerprint density at radius 1 is 0.962 bits per heavy atom. The van der Waals surface area contributed by atoms with Crippen LogP contribution < -0.4 is 10.1 Å². The van der Waals surface area contributed by atoms with Crippen molar-refractivity contribution in [3.05, 3.63) is 65.7 Å². The second-order valence-corrected chi connectivity index (χ2v) is 6.24. The second-order valence-electron chi connectivity index (χ2n) is 6.24. The van der Waals surface area contributed by atoms with Gasteiger partial charge in [0.25, 0.3) is 0 Å². The molecule has 3 nitrogen and oxygen atoms in total. The van der Waals surface area contributed by atoms with E-state index in [4.69, 9.17) is 4.74 Å². The number of halogens is 3. The Hall–Kier alpha value is -1.69. The third kappa shape index (κ3) is 5.66. The Morgan fingerprint density at radius 3 is 2.31 bits per heavy atom. The van der Waals surface area contributed by atoms with Crippen LogP contribution in [0.1, 0.15) is 23.6 Å². The summed E-state index contributed by atoms with van der Waals surface area (Å²) in [5, 5.41) is 3.28. The average molecular weight is 383 g/mol. The minimum Gasteiger partial charge on any atom is -0.489 e. The number of para-hydroxylation sites is 1. The SMILES string of the molecule is Cl.FC(F)C[C@@H](c1ccccc1OCc1ccccc1)N1CCNCC1. The van der Waals surface area contributed by atoms with Gasteiger partial charge in [-0.3, -0.25) is 4.90 Å². The van der Waals surface area contributed by atoms with Crippen LogP contribution in [0, 0.1) is 0 Å². The predicted octanol–water partition coefficient (Wildman–Crippen LogP) is 4.29. The average Bonchev–Trinajstić information content (AvgIpc) is 2.66. The van der Waals surface area contributed by atoms with Crippen molar-refractivity contribution in [3.8, 4) is 5.75 Å². The maximum Gasteiger partial charge on any atom is 0.240 e. The van der Waals surface area contributed by atoms with Gasteiger partial charge in [-0.25, -0.2) is 8.78 Å². The van der Waals surface area contributed by atoms with Gasteiger partial charge in [0.1, 0.15) is 12.4 Å². The van der Waals surface area contributed by atoms with Gasteiger partial charge < -0.3 is 10.1 Å². The van der Waals surface area contributed by atoms with E-state index in [0.717, 1.165) is 37.3 Å². The van der Waals surface area contributed by atoms with Crippen molar-refractivity contribution in [1.29, 1.82) is 0 Å². The van der Waals surface area contributed by atoms with Crippen LogP contribution >= 0.6 is 12.4 Å². The zero-order valence-electron chi connectivity index (χ0n) is 14.6. The molecule has 26 heavy (non-hydrogen) atoms. The van der Waals surface area contributed by atoms with Crippen LogP contribution in [-0.4, -0.2) is 37.5 Å². The molecule has 2 aromatic rings. The van der Waals surface area contributed by atoms with E-state index in [1.165, 1.54) is 0 Å². The summed E-state index contributed by atoms with van der Waals surface area (Å²) in [6, 6.07) is 17.1. The minimum atomic E-state index is -2.35. The lowest BCUT2D eigenvalue weighted by Crippen LogP contribution is -2.45. The molecular weight excluding hydrogens is 358 g/mol. The standard InChI is InChI=1S/C20H24F2N2O.ClH/c21-20(22)14-18(24-12-10-23-11-13-24)17-8-4-5-9-19(17)25-15-16-6-2-1-3-7-16;/h1-9,18,20,23H,10-15H2;1H/t18-;/m0./s1. The number of piperazine rings is 1. The van der Waals surface area contributed by atoms with Crippen LogP contribution in [-0.2, 0) is 6.61 Å². The fourth-order valence-corrected chi connectivity index (χ4v) is 3.26. The topological polar surface area (TPSA) is 24.5 Å². The van der Waals surface area contributed by atoms with Crippen LogP contribution in [0.25, 0.3) is 0 Å². The van der Waals surface area contributed by atoms with Gasteiger partial charge in [-0.05, 0) is 11.6 Å². The van der Waals surface area contributed by atoms with E-state index < -0.39 is 6.43 Å². The molecule has 2 aromatic carbocycles. The third-order valence-electron chi connectivity index (χ3n) is 4.51. The molecule has 1 saturated heterocycles. The quantitative estimate of drug-likeness (QED) is 0.773. The fraction of sp³-hybridized carbons (Fsp3) is 0.400. The van der Waals surface area contributed by atoms with E-state index in [1.807, 2.05) is 54.6 Å². The number of hydrogen-bond donors (Lipinski definition) is 1. The predicted molar refractivity (Wildman–Crippen MR) is 102 cm³/mol. The molecule has 1 aliphatic rings. The highest BCUT2D eigenvalue weighted by Crippen LogP contribution is 2.34. The first-order valence-electron chi connectivity index (χ1n) is 8.72. The molecule has 142 valence electrons. The van der Waals surface area contributed by atoms with Gasteiger partial charge in [0.15, 0.2) is 0 Å². The zero-order valence-corrected chi connectivity index (χ0v) is 15.4. The maximum atomic E-state index is 13.2. The van der Waals surface area contributed by atoms with Crippen molar-refractivity contribution in [2.24, 2.45) is 0 Å². The summed E-state index contributed by atoms with van der Waals surface area (Å²) in [7, 11) is 0. The molecule has 3 rings (SSSR count). The summed E-state index contributed by atoms with van der Waals surface area (Å²) in [6.45, 7) is 3.62. The van der Waals surface area contributed by atoms with Crippen molar-refractivity contribution in [2.75, 3.05) is 26.2 Å². The van der Waals surface area contributed by atoms with Gasteiger partial charge in [0.2, 0.25) is 6.43 Å². The maximum absolute atomic E-state index is 13.2. The van der Waals surface area contributed by atoms with Gasteiger partial charge in [-0.15, -0.1) is 12.4 Å². The fourth-order valence-electron chi connectivity index (χ4n) is 3.26. The van der Waals surface area contributed by atoms with Crippen LogP contribution in [0.4, 0.5) is 8.78 Å². The van der Waals surface area contributed by atoms with Gasteiger partial charge in [0.05, 0.1) is 0 Å². The molecule has 1 fully saturated rings. The van der Waals surface area contributed by atoms with Crippen molar-refractivity contribution >= 4 is 12.4 Å². The lowest BCUT2D eigenvalue weighted by molar-refractivity contribution is 0.0725. The first-order chi connectivity index (χ1) is 12.2. The molecule has 0 bridgehead atoms. The first-order valence-corrected chi connectivity index (χ1v) is 8.72. The molecule has 0 radical (unpaired) electrons. The molecule has 6 heteroatoms. The summed E-state index contributed by atoms with van der Waals surface area (Å²) < 4.78 is 32.4. The number of benzene rings is 2. The molecule has 0 aliphatic carbocycles. The van der Waals surface area contributed by atoms with Gasteiger partial charge in [-0.1, -0.05) is 48.5 Å². The number of nitrogens with zero attached hydrogens (tertiary/aromatic N) is 1. The Kier molecular flexibility index (Phi) is 8.29. The second kappa shape index (κ2) is 10.5. The summed E-state index contributed by atoms with van der Waals surface area (Å²) in [5.41, 5.74) is 1.91. The smallest absolute Gasteiger partial charge is 0.240 e. The molecular formula is C20H25ClF2N2O. The molecule has 1 heterocycles. The zero-order chi connectivity index (χ0) is 17.5. The van der Waals surface area contributed by atoms with Crippen molar-refractivity contribution in [1.82, 2.24) is 10.2 Å².